The van der Waals surface area contributed by atoms with E-state index in [1.807, 2.05) is 44.2 Å². The fourth-order valence-corrected chi connectivity index (χ4v) is 3.96. The third kappa shape index (κ3) is 6.41. The van der Waals surface area contributed by atoms with Crippen LogP contribution >= 0.6 is 11.8 Å². The Balaban J connectivity index is 1.64. The zero-order valence-corrected chi connectivity index (χ0v) is 19.9. The Kier molecular flexibility index (Phi) is 8.36. The van der Waals surface area contributed by atoms with Crippen molar-refractivity contribution in [2.45, 2.75) is 31.6 Å². The second kappa shape index (κ2) is 11.4. The predicted octanol–water partition coefficient (Wildman–Crippen LogP) is 3.26. The smallest absolute Gasteiger partial charge is 0.270 e. The van der Waals surface area contributed by atoms with E-state index in [1.54, 1.807) is 11.6 Å². The molecule has 0 spiro atoms. The van der Waals surface area contributed by atoms with E-state index < -0.39 is 16.9 Å². The van der Waals surface area contributed by atoms with Crippen LogP contribution in [0.2, 0.25) is 0 Å². The molecule has 3 aromatic rings. The molecule has 1 heterocycles. The molecule has 0 saturated heterocycles. The van der Waals surface area contributed by atoms with Crippen molar-refractivity contribution in [1.29, 1.82) is 0 Å². The number of nitrogens with zero attached hydrogens (tertiary/aromatic N) is 4. The van der Waals surface area contributed by atoms with Gasteiger partial charge in [0.05, 0.1) is 16.7 Å². The highest BCUT2D eigenvalue weighted by molar-refractivity contribution is 7.99. The largest absolute Gasteiger partial charge is 0.351 e. The lowest BCUT2D eigenvalue weighted by Gasteiger charge is -2.21. The highest BCUT2D eigenvalue weighted by Gasteiger charge is 2.26. The monoisotopic (exact) mass is 482 g/mol. The first-order valence-corrected chi connectivity index (χ1v) is 11.6. The Morgan fingerprint density at radius 3 is 2.53 bits per heavy atom. The molecule has 0 unspecified atom stereocenters. The van der Waals surface area contributed by atoms with Crippen LogP contribution in [0.4, 0.5) is 5.69 Å². The van der Waals surface area contributed by atoms with E-state index in [9.17, 15) is 19.7 Å². The third-order valence-corrected chi connectivity index (χ3v) is 6.10. The van der Waals surface area contributed by atoms with Crippen molar-refractivity contribution in [3.63, 3.8) is 0 Å². The average Bonchev–Trinajstić information content (AvgIpc) is 3.20. The van der Waals surface area contributed by atoms with E-state index in [0.717, 1.165) is 5.56 Å². The minimum atomic E-state index is -0.543. The first-order chi connectivity index (χ1) is 16.3. The van der Waals surface area contributed by atoms with Gasteiger partial charge in [-0.3, -0.25) is 19.7 Å². The summed E-state index contributed by atoms with van der Waals surface area (Å²) in [4.78, 5) is 35.5. The number of hydrogen-bond acceptors (Lipinski definition) is 7. The molecule has 1 atom stereocenters. The zero-order chi connectivity index (χ0) is 24.7. The molecule has 1 aromatic heterocycles. The van der Waals surface area contributed by atoms with Crippen LogP contribution in [0.1, 0.15) is 41.6 Å². The first kappa shape index (κ1) is 24.9. The summed E-state index contributed by atoms with van der Waals surface area (Å²) in [6.07, 6.45) is 0. The molecular weight excluding hydrogens is 456 g/mol. The summed E-state index contributed by atoms with van der Waals surface area (Å²) in [5.41, 5.74) is 1.05. The lowest BCUT2D eigenvalue weighted by Crippen LogP contribution is -2.33. The highest BCUT2D eigenvalue weighted by atomic mass is 32.2. The maximum atomic E-state index is 12.8. The molecule has 0 radical (unpaired) electrons. The normalized spacial score (nSPS) is 11.8. The number of hydrogen-bond donors (Lipinski definition) is 2. The number of nitro groups is 1. The second-order valence-electron chi connectivity index (χ2n) is 7.95. The number of aromatic nitrogens is 3. The number of carbonyl (C=O) groups excluding carboxylic acids is 2. The van der Waals surface area contributed by atoms with Gasteiger partial charge in [-0.05, 0) is 17.5 Å². The highest BCUT2D eigenvalue weighted by Crippen LogP contribution is 2.25. The lowest BCUT2D eigenvalue weighted by molar-refractivity contribution is -0.384. The molecule has 34 heavy (non-hydrogen) atoms. The first-order valence-electron chi connectivity index (χ1n) is 10.6. The van der Waals surface area contributed by atoms with E-state index in [2.05, 4.69) is 20.8 Å². The molecule has 178 valence electrons. The van der Waals surface area contributed by atoms with Crippen molar-refractivity contribution in [3.05, 3.63) is 81.7 Å². The molecule has 10 nitrogen and oxygen atoms in total. The summed E-state index contributed by atoms with van der Waals surface area (Å²) in [6, 6.07) is 14.7. The van der Waals surface area contributed by atoms with Crippen LogP contribution in [0.3, 0.4) is 0 Å². The predicted molar refractivity (Wildman–Crippen MR) is 128 cm³/mol. The van der Waals surface area contributed by atoms with E-state index in [1.165, 1.54) is 36.0 Å². The van der Waals surface area contributed by atoms with Crippen molar-refractivity contribution < 1.29 is 14.5 Å². The Morgan fingerprint density at radius 2 is 1.85 bits per heavy atom. The van der Waals surface area contributed by atoms with Gasteiger partial charge >= 0.3 is 0 Å². The Hall–Kier alpha value is -3.73. The minimum Gasteiger partial charge on any atom is -0.351 e. The summed E-state index contributed by atoms with van der Waals surface area (Å²) in [5, 5.41) is 25.8. The van der Waals surface area contributed by atoms with E-state index >= 15 is 0 Å². The van der Waals surface area contributed by atoms with Crippen molar-refractivity contribution >= 4 is 29.3 Å². The van der Waals surface area contributed by atoms with E-state index in [4.69, 9.17) is 0 Å². The van der Waals surface area contributed by atoms with Gasteiger partial charge in [-0.15, -0.1) is 10.2 Å². The fraction of sp³-hybridized carbons (Fsp3) is 0.304. The third-order valence-electron chi connectivity index (χ3n) is 5.08. The number of benzene rings is 2. The number of thioether (sulfide) groups is 1. The van der Waals surface area contributed by atoms with Gasteiger partial charge < -0.3 is 15.2 Å². The minimum absolute atomic E-state index is 0.0300. The second-order valence-corrected chi connectivity index (χ2v) is 8.90. The van der Waals surface area contributed by atoms with Gasteiger partial charge in [0.25, 0.3) is 11.6 Å². The Labute approximate surface area is 201 Å². The maximum absolute atomic E-state index is 12.8. The fourth-order valence-electron chi connectivity index (χ4n) is 3.21. The van der Waals surface area contributed by atoms with Crippen LogP contribution in [0, 0.1) is 16.0 Å². The van der Waals surface area contributed by atoms with Crippen LogP contribution in [0.5, 0.6) is 0 Å². The average molecular weight is 483 g/mol. The number of nitrogens with one attached hydrogen (secondary N) is 2. The van der Waals surface area contributed by atoms with Crippen LogP contribution in [0.15, 0.2) is 59.8 Å². The van der Waals surface area contributed by atoms with Crippen LogP contribution < -0.4 is 10.6 Å². The summed E-state index contributed by atoms with van der Waals surface area (Å²) < 4.78 is 1.74. The van der Waals surface area contributed by atoms with E-state index in [0.29, 0.717) is 17.5 Å². The standard InChI is InChI=1S/C23H26N6O4S/c1-15(2)20(25-22(31)17-10-7-11-18(12-17)29(32)33)21-26-27-23(28(21)3)34-14-19(30)24-13-16-8-5-4-6-9-16/h4-12,15,20H,13-14H2,1-3H3,(H,24,30)(H,25,31)/t20-/m0/s1. The molecule has 0 bridgehead atoms. The molecular formula is C23H26N6O4S. The maximum Gasteiger partial charge on any atom is 0.270 e. The zero-order valence-electron chi connectivity index (χ0n) is 19.1. The van der Waals surface area contributed by atoms with E-state index in [-0.39, 0.29) is 28.8 Å². The Morgan fingerprint density at radius 1 is 1.12 bits per heavy atom. The van der Waals surface area contributed by atoms with Crippen molar-refractivity contribution in [1.82, 2.24) is 25.4 Å². The quantitative estimate of drug-likeness (QED) is 0.257. The molecule has 0 saturated carbocycles. The SMILES string of the molecule is CC(C)[C@H](NC(=O)c1cccc([N+](=O)[O-])c1)c1nnc(SCC(=O)NCc2ccccc2)n1C. The molecule has 0 fully saturated rings. The van der Waals surface area contributed by atoms with Gasteiger partial charge in [-0.2, -0.15) is 0 Å². The van der Waals surface area contributed by atoms with Crippen LogP contribution in [-0.2, 0) is 18.4 Å². The van der Waals surface area contributed by atoms with Gasteiger partial charge in [0.2, 0.25) is 5.91 Å². The van der Waals surface area contributed by atoms with Crippen molar-refractivity contribution in [2.24, 2.45) is 13.0 Å². The van der Waals surface area contributed by atoms with Crippen LogP contribution in [0.25, 0.3) is 0 Å². The Bertz CT molecular complexity index is 1170. The molecule has 0 aliphatic rings. The molecule has 0 aliphatic heterocycles. The van der Waals surface area contributed by atoms with Gasteiger partial charge in [0.15, 0.2) is 11.0 Å². The van der Waals surface area contributed by atoms with Gasteiger partial charge in [-0.1, -0.05) is 62.0 Å². The summed E-state index contributed by atoms with van der Waals surface area (Å²) in [6.45, 7) is 4.30. The molecule has 11 heteroatoms. The number of amides is 2. The van der Waals surface area contributed by atoms with Gasteiger partial charge in [-0.25, -0.2) is 0 Å². The summed E-state index contributed by atoms with van der Waals surface area (Å²) in [7, 11) is 1.77. The molecule has 2 N–H and O–H groups in total. The number of carbonyl (C=O) groups is 2. The van der Waals surface area contributed by atoms with Crippen LogP contribution in [-0.4, -0.2) is 37.3 Å². The molecule has 3 rings (SSSR count). The summed E-state index contributed by atoms with van der Waals surface area (Å²) in [5.74, 6) is 0.0989. The topological polar surface area (TPSA) is 132 Å². The number of non-ortho nitro benzene ring substituents is 1. The molecule has 2 amide bonds. The van der Waals surface area contributed by atoms with Crippen molar-refractivity contribution in [3.8, 4) is 0 Å². The molecule has 0 aliphatic carbocycles. The van der Waals surface area contributed by atoms with Crippen molar-refractivity contribution in [2.75, 3.05) is 5.75 Å². The molecule has 2 aromatic carbocycles. The van der Waals surface area contributed by atoms with Gasteiger partial charge in [0, 0.05) is 31.3 Å². The summed E-state index contributed by atoms with van der Waals surface area (Å²) >= 11 is 1.25. The van der Waals surface area contributed by atoms with Gasteiger partial charge in [0.1, 0.15) is 0 Å². The number of nitro benzene ring substituents is 1. The lowest BCUT2D eigenvalue weighted by atomic mass is 10.0. The number of rotatable bonds is 10.